The molecule has 14 rings (SSSR count). The first-order chi connectivity index (χ1) is 30.6. The van der Waals surface area contributed by atoms with Gasteiger partial charge in [0, 0.05) is 55.0 Å². The number of ether oxygens (including phenoxy) is 2. The maximum absolute atomic E-state index is 6.83. The first-order valence-corrected chi connectivity index (χ1v) is 22.9. The summed E-state index contributed by atoms with van der Waals surface area (Å²) in [6.07, 6.45) is 0. The molecule has 63 heavy (non-hydrogen) atoms. The molecule has 0 bridgehead atoms. The minimum absolute atomic E-state index is 0.0508. The van der Waals surface area contributed by atoms with E-state index in [4.69, 9.17) is 9.47 Å². The minimum atomic E-state index is -0.243. The summed E-state index contributed by atoms with van der Waals surface area (Å²) in [5, 5.41) is 2.60. The molecular formula is C57H41BN2O2S. The Bertz CT molecular complexity index is 3670. The van der Waals surface area contributed by atoms with Gasteiger partial charge in [0.15, 0.2) is 23.0 Å². The standard InChI is InChI=1S/C57H41BN2O2S/c1-56(2,3)33-26-27-42(38(28-33)32-16-7-6-8-17-32)59-43-31-48-47(61-45-23-12-13-24-46(45)62-48)30-41(43)58-52-44(59)29-39-34-18-9-11-22-40(34)57(4,5)51(39)50(52)36-20-15-21-37-53(36)60(58)54-35-19-10-14-25-49(35)63-55(37)54/h6-31H,1-5H3. The molecule has 0 saturated heterocycles. The molecule has 0 fully saturated rings. The van der Waals surface area contributed by atoms with E-state index in [1.165, 1.54) is 97.9 Å². The molecule has 0 N–H and O–H groups in total. The van der Waals surface area contributed by atoms with E-state index >= 15 is 0 Å². The Kier molecular flexibility index (Phi) is 6.84. The van der Waals surface area contributed by atoms with Gasteiger partial charge in [-0.2, -0.15) is 0 Å². The second kappa shape index (κ2) is 12.1. The van der Waals surface area contributed by atoms with Crippen molar-refractivity contribution in [3.8, 4) is 56.4 Å². The number of nitrogens with zero attached hydrogens (tertiary/aromatic N) is 2. The van der Waals surface area contributed by atoms with Gasteiger partial charge in [-0.1, -0.05) is 144 Å². The van der Waals surface area contributed by atoms with E-state index in [9.17, 15) is 0 Å². The van der Waals surface area contributed by atoms with Crippen LogP contribution in [0.5, 0.6) is 23.0 Å². The summed E-state index contributed by atoms with van der Waals surface area (Å²) in [5.74, 6) is 2.88. The van der Waals surface area contributed by atoms with Crippen molar-refractivity contribution in [3.05, 3.63) is 174 Å². The van der Waals surface area contributed by atoms with Crippen LogP contribution in [0.15, 0.2) is 158 Å². The van der Waals surface area contributed by atoms with Gasteiger partial charge < -0.3 is 18.9 Å². The highest BCUT2D eigenvalue weighted by Crippen LogP contribution is 2.59. The molecule has 8 aromatic carbocycles. The normalized spacial score (nSPS) is 14.7. The summed E-state index contributed by atoms with van der Waals surface area (Å²) in [4.78, 5) is 2.56. The number of anilines is 3. The van der Waals surface area contributed by atoms with Crippen molar-refractivity contribution in [2.24, 2.45) is 0 Å². The van der Waals surface area contributed by atoms with E-state index in [1.807, 2.05) is 35.6 Å². The average molecular weight is 829 g/mol. The largest absolute Gasteiger partial charge is 0.450 e. The molecule has 0 amide bonds. The van der Waals surface area contributed by atoms with Crippen LogP contribution < -0.4 is 25.3 Å². The molecule has 5 heterocycles. The van der Waals surface area contributed by atoms with Crippen LogP contribution >= 0.6 is 11.3 Å². The van der Waals surface area contributed by atoms with Crippen molar-refractivity contribution >= 4 is 77.4 Å². The van der Waals surface area contributed by atoms with E-state index in [-0.39, 0.29) is 17.7 Å². The summed E-state index contributed by atoms with van der Waals surface area (Å²) >= 11 is 1.91. The van der Waals surface area contributed by atoms with Crippen LogP contribution in [-0.2, 0) is 10.8 Å². The van der Waals surface area contributed by atoms with Crippen LogP contribution in [0.1, 0.15) is 51.3 Å². The first kappa shape index (κ1) is 35.6. The van der Waals surface area contributed by atoms with Crippen LogP contribution in [0.3, 0.4) is 0 Å². The maximum atomic E-state index is 6.83. The van der Waals surface area contributed by atoms with Crippen molar-refractivity contribution in [2.45, 2.75) is 45.4 Å². The van der Waals surface area contributed by atoms with Crippen molar-refractivity contribution in [2.75, 3.05) is 4.90 Å². The molecular weight excluding hydrogens is 788 g/mol. The number of benzene rings is 8. The second-order valence-corrected chi connectivity index (χ2v) is 20.3. The summed E-state index contributed by atoms with van der Waals surface area (Å²) in [6, 6.07) is 58.2. The SMILES string of the molecule is CC(C)(C)c1ccc(N2c3cc4c(cc3B3c5c2cc2c(c5-c5cccc6c7sc8ccccc8c7n3c56)C(C)(C)c3ccccc3-2)Oc2ccccc2O4)c(-c2ccccc2)c1. The third-order valence-electron chi connectivity index (χ3n) is 14.3. The van der Waals surface area contributed by atoms with Crippen LogP contribution in [0.2, 0.25) is 0 Å². The Labute approximate surface area is 370 Å². The van der Waals surface area contributed by atoms with Gasteiger partial charge in [-0.3, -0.25) is 0 Å². The molecule has 1 aliphatic carbocycles. The predicted octanol–water partition coefficient (Wildman–Crippen LogP) is 14.6. The van der Waals surface area contributed by atoms with Crippen molar-refractivity contribution in [1.82, 2.24) is 4.48 Å². The quantitative estimate of drug-likeness (QED) is 0.162. The molecule has 3 aliphatic heterocycles. The monoisotopic (exact) mass is 828 g/mol. The van der Waals surface area contributed by atoms with E-state index < -0.39 is 0 Å². The Morgan fingerprint density at radius 2 is 1.25 bits per heavy atom. The highest BCUT2D eigenvalue weighted by atomic mass is 32.1. The van der Waals surface area contributed by atoms with Gasteiger partial charge in [0.1, 0.15) is 0 Å². The summed E-state index contributed by atoms with van der Waals surface area (Å²) in [7, 11) is 0. The molecule has 10 aromatic rings. The Morgan fingerprint density at radius 3 is 2.06 bits per heavy atom. The smallest absolute Gasteiger partial charge is 0.333 e. The highest BCUT2D eigenvalue weighted by molar-refractivity contribution is 7.27. The molecule has 300 valence electrons. The lowest BCUT2D eigenvalue weighted by Gasteiger charge is -2.43. The fourth-order valence-corrected chi connectivity index (χ4v) is 12.8. The minimum Gasteiger partial charge on any atom is -0.450 e. The van der Waals surface area contributed by atoms with Crippen LogP contribution in [0.4, 0.5) is 17.1 Å². The first-order valence-electron chi connectivity index (χ1n) is 22.0. The van der Waals surface area contributed by atoms with Crippen molar-refractivity contribution in [1.29, 1.82) is 0 Å². The second-order valence-electron chi connectivity index (χ2n) is 19.2. The lowest BCUT2D eigenvalue weighted by Crippen LogP contribution is -2.57. The van der Waals surface area contributed by atoms with Gasteiger partial charge >= 0.3 is 6.85 Å². The number of para-hydroxylation sites is 3. The van der Waals surface area contributed by atoms with Crippen LogP contribution in [0, 0.1) is 0 Å². The number of thiophene rings is 1. The summed E-state index contributed by atoms with van der Waals surface area (Å²) in [5.41, 5.74) is 19.9. The molecule has 0 unspecified atom stereocenters. The zero-order chi connectivity index (χ0) is 42.1. The molecule has 2 aromatic heterocycles. The lowest BCUT2D eigenvalue weighted by atomic mass is 9.44. The van der Waals surface area contributed by atoms with Gasteiger partial charge in [-0.15, -0.1) is 11.3 Å². The lowest BCUT2D eigenvalue weighted by molar-refractivity contribution is 0.360. The van der Waals surface area contributed by atoms with Gasteiger partial charge in [0.25, 0.3) is 0 Å². The van der Waals surface area contributed by atoms with E-state index in [0.29, 0.717) is 5.75 Å². The van der Waals surface area contributed by atoms with Crippen molar-refractivity contribution in [3.63, 3.8) is 0 Å². The molecule has 0 saturated carbocycles. The van der Waals surface area contributed by atoms with Crippen LogP contribution in [0.25, 0.3) is 64.6 Å². The fourth-order valence-electron chi connectivity index (χ4n) is 11.5. The van der Waals surface area contributed by atoms with Gasteiger partial charge in [0.05, 0.1) is 15.9 Å². The Hall–Kier alpha value is -7.02. The van der Waals surface area contributed by atoms with Crippen molar-refractivity contribution < 1.29 is 9.47 Å². The van der Waals surface area contributed by atoms with E-state index in [2.05, 4.69) is 177 Å². The number of aromatic nitrogens is 1. The molecule has 0 atom stereocenters. The number of rotatable bonds is 2. The predicted molar refractivity (Wildman–Crippen MR) is 264 cm³/mol. The summed E-state index contributed by atoms with van der Waals surface area (Å²) in [6.45, 7) is 11.6. The number of hydrogen-bond donors (Lipinski definition) is 0. The summed E-state index contributed by atoms with van der Waals surface area (Å²) < 4.78 is 19.0. The molecule has 4 nitrogen and oxygen atoms in total. The number of hydrogen-bond acceptors (Lipinski definition) is 4. The zero-order valence-electron chi connectivity index (χ0n) is 35.7. The van der Waals surface area contributed by atoms with E-state index in [1.54, 1.807) is 0 Å². The molecule has 0 radical (unpaired) electrons. The highest BCUT2D eigenvalue weighted by Gasteiger charge is 2.49. The third-order valence-corrected chi connectivity index (χ3v) is 15.5. The topological polar surface area (TPSA) is 26.6 Å². The van der Waals surface area contributed by atoms with Gasteiger partial charge in [0.2, 0.25) is 0 Å². The Balaban J connectivity index is 1.18. The zero-order valence-corrected chi connectivity index (χ0v) is 36.5. The third kappa shape index (κ3) is 4.61. The Morgan fingerprint density at radius 1 is 0.556 bits per heavy atom. The fraction of sp³-hybridized carbons (Fsp3) is 0.123. The molecule has 6 heteroatoms. The van der Waals surface area contributed by atoms with Gasteiger partial charge in [-0.25, -0.2) is 0 Å². The van der Waals surface area contributed by atoms with Crippen LogP contribution in [-0.4, -0.2) is 11.3 Å². The maximum Gasteiger partial charge on any atom is 0.333 e. The average Bonchev–Trinajstić information content (AvgIpc) is 3.91. The van der Waals surface area contributed by atoms with E-state index in [0.717, 1.165) is 28.6 Å². The molecule has 4 aliphatic rings. The van der Waals surface area contributed by atoms with Gasteiger partial charge in [-0.05, 0) is 97.7 Å². The molecule has 0 spiro atoms. The number of fused-ring (bicyclic) bond motifs is 15.